The molecule has 4 N–H and O–H groups in total. The highest BCUT2D eigenvalue weighted by molar-refractivity contribution is 7.89. The van der Waals surface area contributed by atoms with Crippen molar-refractivity contribution in [1.82, 2.24) is 15.0 Å². The first-order chi connectivity index (χ1) is 17.9. The fourth-order valence-corrected chi connectivity index (χ4v) is 5.78. The quantitative estimate of drug-likeness (QED) is 0.287. The Kier molecular flexibility index (Phi) is 7.27. The summed E-state index contributed by atoms with van der Waals surface area (Å²) in [5, 5.41) is 7.20. The van der Waals surface area contributed by atoms with Crippen molar-refractivity contribution in [3.8, 4) is 0 Å². The molecule has 1 atom stereocenters. The van der Waals surface area contributed by atoms with Crippen LogP contribution in [0.25, 0.3) is 10.9 Å². The molecule has 1 aliphatic rings. The normalized spacial score (nSPS) is 15.0. The molecule has 4 aromatic rings. The fourth-order valence-electron chi connectivity index (χ4n) is 4.59. The van der Waals surface area contributed by atoms with Crippen molar-refractivity contribution in [2.75, 3.05) is 36.4 Å². The Hall–Kier alpha value is -3.66. The maximum absolute atomic E-state index is 13.5. The van der Waals surface area contributed by atoms with Gasteiger partial charge in [-0.15, -0.1) is 0 Å². The molecule has 1 saturated heterocycles. The second-order valence-corrected chi connectivity index (χ2v) is 11.0. The zero-order valence-corrected chi connectivity index (χ0v) is 21.5. The van der Waals surface area contributed by atoms with E-state index in [-0.39, 0.29) is 11.3 Å². The van der Waals surface area contributed by atoms with Crippen molar-refractivity contribution in [2.45, 2.75) is 24.3 Å². The predicted molar refractivity (Wildman–Crippen MR) is 147 cm³/mol. The van der Waals surface area contributed by atoms with E-state index in [0.29, 0.717) is 5.69 Å². The number of anilines is 2. The molecule has 1 unspecified atom stereocenters. The summed E-state index contributed by atoms with van der Waals surface area (Å²) in [5.41, 5.74) is 4.45. The van der Waals surface area contributed by atoms with Crippen LogP contribution < -0.4 is 20.3 Å². The number of nitrogens with zero attached hydrogens (tertiary/aromatic N) is 1. The third kappa shape index (κ3) is 5.85. The number of nitrogens with one attached hydrogen (secondary N) is 4. The van der Waals surface area contributed by atoms with Gasteiger partial charge in [-0.25, -0.2) is 8.42 Å². The molecule has 1 amide bonds. The molecular weight excluding hydrogens is 486 g/mol. The first-order valence-corrected chi connectivity index (χ1v) is 13.9. The van der Waals surface area contributed by atoms with Crippen LogP contribution in [0, 0.1) is 6.92 Å². The number of sulfonamides is 1. The maximum atomic E-state index is 13.5. The lowest BCUT2D eigenvalue weighted by Gasteiger charge is -2.29. The largest absolute Gasteiger partial charge is 0.369 e. The minimum absolute atomic E-state index is 0.121. The van der Waals surface area contributed by atoms with E-state index in [1.165, 1.54) is 0 Å². The van der Waals surface area contributed by atoms with Crippen LogP contribution in [-0.2, 0) is 21.2 Å². The summed E-state index contributed by atoms with van der Waals surface area (Å²) in [5.74, 6) is -0.420. The fraction of sp³-hybridized carbons (Fsp3) is 0.250. The van der Waals surface area contributed by atoms with E-state index in [1.54, 1.807) is 24.3 Å². The minimum atomic E-state index is -3.92. The number of hydrogen-bond donors (Lipinski definition) is 4. The van der Waals surface area contributed by atoms with Crippen LogP contribution in [0.5, 0.6) is 0 Å². The number of hydrogen-bond acceptors (Lipinski definition) is 5. The van der Waals surface area contributed by atoms with Crippen LogP contribution in [0.1, 0.15) is 11.1 Å². The van der Waals surface area contributed by atoms with Gasteiger partial charge in [0.05, 0.1) is 4.90 Å². The third-order valence-electron chi connectivity index (χ3n) is 6.66. The molecule has 37 heavy (non-hydrogen) atoms. The van der Waals surface area contributed by atoms with Crippen LogP contribution >= 0.6 is 0 Å². The van der Waals surface area contributed by atoms with Crippen LogP contribution in [-0.4, -0.2) is 51.5 Å². The SMILES string of the molecule is Cc1ccc(S(=O)(=O)NC(Cc2c[nH]c3ccccc23)C(=O)Nc2ccc(N3CCNCC3)cc2)cc1. The van der Waals surface area contributed by atoms with Crippen LogP contribution in [0.15, 0.2) is 83.9 Å². The standard InChI is InChI=1S/C28H31N5O3S/c1-20-6-12-24(13-7-20)37(35,36)32-27(18-21-19-30-26-5-3-2-4-25(21)26)28(34)31-22-8-10-23(11-9-22)33-16-14-29-15-17-33/h2-13,19,27,29-30,32H,14-18H2,1H3,(H,31,34). The van der Waals surface area contributed by atoms with E-state index in [4.69, 9.17) is 0 Å². The van der Waals surface area contributed by atoms with E-state index in [1.807, 2.05) is 61.7 Å². The molecule has 1 aliphatic heterocycles. The smallest absolute Gasteiger partial charge is 0.242 e. The van der Waals surface area contributed by atoms with Gasteiger partial charge in [-0.1, -0.05) is 35.9 Å². The van der Waals surface area contributed by atoms with Gasteiger partial charge in [0.25, 0.3) is 0 Å². The zero-order valence-electron chi connectivity index (χ0n) is 20.7. The number of aryl methyl sites for hydroxylation is 1. The second kappa shape index (κ2) is 10.8. The lowest BCUT2D eigenvalue weighted by molar-refractivity contribution is -0.117. The summed E-state index contributed by atoms with van der Waals surface area (Å²) in [7, 11) is -3.92. The van der Waals surface area contributed by atoms with E-state index < -0.39 is 22.0 Å². The average Bonchev–Trinajstić information content (AvgIpc) is 3.32. The van der Waals surface area contributed by atoms with E-state index in [9.17, 15) is 13.2 Å². The van der Waals surface area contributed by atoms with Crippen LogP contribution in [0.2, 0.25) is 0 Å². The Labute approximate surface area is 217 Å². The Bertz CT molecular complexity index is 1470. The Morgan fingerprint density at radius 1 is 0.973 bits per heavy atom. The number of fused-ring (bicyclic) bond motifs is 1. The lowest BCUT2D eigenvalue weighted by atomic mass is 10.0. The van der Waals surface area contributed by atoms with Gasteiger partial charge < -0.3 is 20.5 Å². The molecule has 192 valence electrons. The van der Waals surface area contributed by atoms with Gasteiger partial charge in [0.1, 0.15) is 6.04 Å². The lowest BCUT2D eigenvalue weighted by Crippen LogP contribution is -2.45. The van der Waals surface area contributed by atoms with Gasteiger partial charge in [-0.05, 0) is 61.4 Å². The molecular formula is C28H31N5O3S. The molecule has 0 spiro atoms. The van der Waals surface area contributed by atoms with Gasteiger partial charge in [-0.2, -0.15) is 4.72 Å². The molecule has 0 aliphatic carbocycles. The maximum Gasteiger partial charge on any atom is 0.242 e. The Morgan fingerprint density at radius 3 is 2.41 bits per heavy atom. The summed E-state index contributed by atoms with van der Waals surface area (Å²) < 4.78 is 29.1. The number of aromatic nitrogens is 1. The first kappa shape index (κ1) is 25.0. The summed E-state index contributed by atoms with van der Waals surface area (Å²) in [6, 6.07) is 21.0. The Morgan fingerprint density at radius 2 is 1.68 bits per heavy atom. The third-order valence-corrected chi connectivity index (χ3v) is 8.15. The number of benzene rings is 3. The topological polar surface area (TPSA) is 106 Å². The van der Waals surface area contributed by atoms with Crippen molar-refractivity contribution in [1.29, 1.82) is 0 Å². The van der Waals surface area contributed by atoms with Gasteiger partial charge >= 0.3 is 0 Å². The summed E-state index contributed by atoms with van der Waals surface area (Å²) in [6.07, 6.45) is 2.02. The number of piperazine rings is 1. The van der Waals surface area contributed by atoms with E-state index in [0.717, 1.165) is 53.9 Å². The molecule has 2 heterocycles. The zero-order chi connectivity index (χ0) is 25.8. The highest BCUT2D eigenvalue weighted by Gasteiger charge is 2.27. The number of rotatable bonds is 8. The molecule has 9 heteroatoms. The van der Waals surface area contributed by atoms with E-state index >= 15 is 0 Å². The molecule has 1 fully saturated rings. The minimum Gasteiger partial charge on any atom is -0.369 e. The molecule has 0 radical (unpaired) electrons. The van der Waals surface area contributed by atoms with Crippen molar-refractivity contribution in [3.05, 3.63) is 90.1 Å². The van der Waals surface area contributed by atoms with Gasteiger partial charge in [-0.3, -0.25) is 4.79 Å². The Balaban J connectivity index is 1.38. The molecule has 3 aromatic carbocycles. The van der Waals surface area contributed by atoms with E-state index in [2.05, 4.69) is 25.2 Å². The number of carbonyl (C=O) groups excluding carboxylic acids is 1. The molecule has 0 bridgehead atoms. The average molecular weight is 518 g/mol. The first-order valence-electron chi connectivity index (χ1n) is 12.4. The van der Waals surface area contributed by atoms with Crippen molar-refractivity contribution in [3.63, 3.8) is 0 Å². The summed E-state index contributed by atoms with van der Waals surface area (Å²) in [4.78, 5) is 19.1. The van der Waals surface area contributed by atoms with Crippen LogP contribution in [0.4, 0.5) is 11.4 Å². The molecule has 0 saturated carbocycles. The second-order valence-electron chi connectivity index (χ2n) is 9.32. The predicted octanol–water partition coefficient (Wildman–Crippen LogP) is 3.41. The van der Waals surface area contributed by atoms with Gasteiger partial charge in [0.2, 0.25) is 15.9 Å². The van der Waals surface area contributed by atoms with Crippen molar-refractivity contribution < 1.29 is 13.2 Å². The van der Waals surface area contributed by atoms with Crippen molar-refractivity contribution in [2.24, 2.45) is 0 Å². The number of amides is 1. The summed E-state index contributed by atoms with van der Waals surface area (Å²) >= 11 is 0. The number of aromatic amines is 1. The number of carbonyl (C=O) groups is 1. The van der Waals surface area contributed by atoms with Gasteiger partial charge in [0.15, 0.2) is 0 Å². The van der Waals surface area contributed by atoms with Crippen LogP contribution in [0.3, 0.4) is 0 Å². The highest BCUT2D eigenvalue weighted by Crippen LogP contribution is 2.22. The van der Waals surface area contributed by atoms with Gasteiger partial charge in [0, 0.05) is 54.7 Å². The summed E-state index contributed by atoms with van der Waals surface area (Å²) in [6.45, 7) is 5.63. The number of para-hydroxylation sites is 1. The monoisotopic (exact) mass is 517 g/mol. The molecule has 5 rings (SSSR count). The van der Waals surface area contributed by atoms with Crippen molar-refractivity contribution >= 4 is 38.2 Å². The number of H-pyrrole nitrogens is 1. The highest BCUT2D eigenvalue weighted by atomic mass is 32.2. The molecule has 8 nitrogen and oxygen atoms in total. The molecule has 1 aromatic heterocycles.